The highest BCUT2D eigenvalue weighted by atomic mass is 127. The van der Waals surface area contributed by atoms with Crippen molar-refractivity contribution >= 4 is 22.6 Å². The summed E-state index contributed by atoms with van der Waals surface area (Å²) in [5, 5.41) is 3.48. The Morgan fingerprint density at radius 1 is 1.35 bits per heavy atom. The van der Waals surface area contributed by atoms with Crippen LogP contribution in [0.2, 0.25) is 0 Å². The second-order valence-electron chi connectivity index (χ2n) is 4.25. The van der Waals surface area contributed by atoms with Crippen molar-refractivity contribution in [2.75, 3.05) is 26.4 Å². The SMILES string of the molecule is CC(NCC1COCCO1)c1ccc(I)cc1. The van der Waals surface area contributed by atoms with Gasteiger partial charge in [-0.15, -0.1) is 0 Å². The molecule has 1 aromatic rings. The molecule has 1 aromatic carbocycles. The van der Waals surface area contributed by atoms with Gasteiger partial charge in [-0.05, 0) is 47.2 Å². The van der Waals surface area contributed by atoms with Gasteiger partial charge in [-0.2, -0.15) is 0 Å². The molecule has 3 nitrogen and oxygen atoms in total. The lowest BCUT2D eigenvalue weighted by atomic mass is 10.1. The van der Waals surface area contributed by atoms with Crippen molar-refractivity contribution in [2.24, 2.45) is 0 Å². The van der Waals surface area contributed by atoms with Crippen LogP contribution in [-0.2, 0) is 9.47 Å². The maximum Gasteiger partial charge on any atom is 0.0933 e. The zero-order valence-electron chi connectivity index (χ0n) is 9.99. The van der Waals surface area contributed by atoms with Gasteiger partial charge in [0.2, 0.25) is 0 Å². The molecule has 0 spiro atoms. The molecule has 1 heterocycles. The Morgan fingerprint density at radius 2 is 2.12 bits per heavy atom. The van der Waals surface area contributed by atoms with E-state index in [9.17, 15) is 0 Å². The lowest BCUT2D eigenvalue weighted by Crippen LogP contribution is -2.38. The van der Waals surface area contributed by atoms with E-state index in [1.807, 2.05) is 0 Å². The summed E-state index contributed by atoms with van der Waals surface area (Å²) < 4.78 is 12.2. The minimum atomic E-state index is 0.190. The molecule has 0 amide bonds. The van der Waals surface area contributed by atoms with Gasteiger partial charge in [0.05, 0.1) is 25.9 Å². The Kier molecular flexibility index (Phi) is 5.21. The summed E-state index contributed by atoms with van der Waals surface area (Å²) in [6.45, 7) is 5.15. The van der Waals surface area contributed by atoms with Gasteiger partial charge >= 0.3 is 0 Å². The molecule has 4 heteroatoms. The first-order valence-corrected chi connectivity index (χ1v) is 7.02. The summed E-state index contributed by atoms with van der Waals surface area (Å²) in [6.07, 6.45) is 0.190. The molecule has 1 saturated heterocycles. The van der Waals surface area contributed by atoms with Crippen LogP contribution >= 0.6 is 22.6 Å². The Balaban J connectivity index is 1.80. The maximum absolute atomic E-state index is 5.59. The van der Waals surface area contributed by atoms with Crippen LogP contribution in [0.5, 0.6) is 0 Å². The van der Waals surface area contributed by atoms with E-state index in [4.69, 9.17) is 9.47 Å². The Hall–Kier alpha value is -0.170. The third-order valence-corrected chi connectivity index (χ3v) is 3.63. The van der Waals surface area contributed by atoms with Crippen LogP contribution in [0, 0.1) is 3.57 Å². The summed E-state index contributed by atoms with van der Waals surface area (Å²) in [5.41, 5.74) is 1.31. The van der Waals surface area contributed by atoms with E-state index in [0.29, 0.717) is 19.3 Å². The number of nitrogens with one attached hydrogen (secondary N) is 1. The first-order chi connectivity index (χ1) is 8.25. The zero-order valence-corrected chi connectivity index (χ0v) is 12.1. The smallest absolute Gasteiger partial charge is 0.0933 e. The molecule has 0 aromatic heterocycles. The van der Waals surface area contributed by atoms with E-state index in [2.05, 4.69) is 59.1 Å². The summed E-state index contributed by atoms with van der Waals surface area (Å²) in [5.74, 6) is 0. The van der Waals surface area contributed by atoms with Crippen molar-refractivity contribution in [3.63, 3.8) is 0 Å². The topological polar surface area (TPSA) is 30.5 Å². The number of hydrogen-bond donors (Lipinski definition) is 1. The third-order valence-electron chi connectivity index (χ3n) is 2.91. The quantitative estimate of drug-likeness (QED) is 0.849. The van der Waals surface area contributed by atoms with Crippen LogP contribution in [0.4, 0.5) is 0 Å². The first kappa shape index (κ1) is 13.3. The Morgan fingerprint density at radius 3 is 2.76 bits per heavy atom. The van der Waals surface area contributed by atoms with Crippen molar-refractivity contribution in [1.29, 1.82) is 0 Å². The van der Waals surface area contributed by atoms with Crippen molar-refractivity contribution in [1.82, 2.24) is 5.32 Å². The molecule has 2 atom stereocenters. The number of benzene rings is 1. The van der Waals surface area contributed by atoms with Gasteiger partial charge in [-0.1, -0.05) is 12.1 Å². The molecule has 94 valence electrons. The van der Waals surface area contributed by atoms with E-state index >= 15 is 0 Å². The molecule has 1 fully saturated rings. The molecule has 0 radical (unpaired) electrons. The van der Waals surface area contributed by atoms with Crippen LogP contribution in [-0.4, -0.2) is 32.5 Å². The number of rotatable bonds is 4. The second-order valence-corrected chi connectivity index (χ2v) is 5.49. The third kappa shape index (κ3) is 4.21. The minimum absolute atomic E-state index is 0.190. The average molecular weight is 347 g/mol. The molecular weight excluding hydrogens is 329 g/mol. The monoisotopic (exact) mass is 347 g/mol. The minimum Gasteiger partial charge on any atom is -0.376 e. The van der Waals surface area contributed by atoms with E-state index in [1.165, 1.54) is 9.13 Å². The molecule has 0 saturated carbocycles. The van der Waals surface area contributed by atoms with Crippen LogP contribution in [0.25, 0.3) is 0 Å². The van der Waals surface area contributed by atoms with E-state index in [1.54, 1.807) is 0 Å². The van der Waals surface area contributed by atoms with Crippen molar-refractivity contribution < 1.29 is 9.47 Å². The standard InChI is InChI=1S/C13H18INO2/c1-10(11-2-4-12(14)5-3-11)15-8-13-9-16-6-7-17-13/h2-5,10,13,15H,6-9H2,1H3. The number of hydrogen-bond acceptors (Lipinski definition) is 3. The van der Waals surface area contributed by atoms with E-state index < -0.39 is 0 Å². The molecule has 17 heavy (non-hydrogen) atoms. The fourth-order valence-electron chi connectivity index (χ4n) is 1.83. The molecular formula is C13H18INO2. The highest BCUT2D eigenvalue weighted by Gasteiger charge is 2.15. The molecule has 2 rings (SSSR count). The van der Waals surface area contributed by atoms with Gasteiger partial charge in [0.1, 0.15) is 0 Å². The predicted molar refractivity (Wildman–Crippen MR) is 76.1 cm³/mol. The first-order valence-electron chi connectivity index (χ1n) is 5.94. The van der Waals surface area contributed by atoms with Crippen LogP contribution in [0.1, 0.15) is 18.5 Å². The molecule has 0 aliphatic carbocycles. The highest BCUT2D eigenvalue weighted by Crippen LogP contribution is 2.14. The second kappa shape index (κ2) is 6.68. The Bertz CT molecular complexity index is 336. The lowest BCUT2D eigenvalue weighted by molar-refractivity contribution is -0.0869. The van der Waals surface area contributed by atoms with Crippen LogP contribution < -0.4 is 5.32 Å². The van der Waals surface area contributed by atoms with Crippen LogP contribution in [0.15, 0.2) is 24.3 Å². The number of ether oxygens (including phenoxy) is 2. The lowest BCUT2D eigenvalue weighted by Gasteiger charge is -2.25. The van der Waals surface area contributed by atoms with Crippen molar-refractivity contribution in [3.8, 4) is 0 Å². The van der Waals surface area contributed by atoms with E-state index in [-0.39, 0.29) is 6.10 Å². The van der Waals surface area contributed by atoms with Gasteiger partial charge in [-0.25, -0.2) is 0 Å². The Labute approximate surface area is 116 Å². The molecule has 1 N–H and O–H groups in total. The molecule has 1 aliphatic heterocycles. The summed E-state index contributed by atoms with van der Waals surface area (Å²) in [4.78, 5) is 0. The fourth-order valence-corrected chi connectivity index (χ4v) is 2.19. The largest absolute Gasteiger partial charge is 0.376 e. The molecule has 2 unspecified atom stereocenters. The van der Waals surface area contributed by atoms with E-state index in [0.717, 1.165) is 13.2 Å². The van der Waals surface area contributed by atoms with Crippen molar-refractivity contribution in [2.45, 2.75) is 19.1 Å². The predicted octanol–water partition coefficient (Wildman–Crippen LogP) is 2.36. The van der Waals surface area contributed by atoms with Crippen LogP contribution in [0.3, 0.4) is 0 Å². The average Bonchev–Trinajstić information content (AvgIpc) is 2.38. The van der Waals surface area contributed by atoms with Gasteiger partial charge in [0, 0.05) is 16.2 Å². The summed E-state index contributed by atoms with van der Waals surface area (Å²) in [6, 6.07) is 8.94. The van der Waals surface area contributed by atoms with Gasteiger partial charge in [0.25, 0.3) is 0 Å². The maximum atomic E-state index is 5.59. The normalized spacial score (nSPS) is 22.4. The molecule has 0 bridgehead atoms. The highest BCUT2D eigenvalue weighted by molar-refractivity contribution is 14.1. The molecule has 1 aliphatic rings. The zero-order chi connectivity index (χ0) is 12.1. The number of halogens is 1. The fraction of sp³-hybridized carbons (Fsp3) is 0.538. The summed E-state index contributed by atoms with van der Waals surface area (Å²) >= 11 is 2.32. The summed E-state index contributed by atoms with van der Waals surface area (Å²) in [7, 11) is 0. The van der Waals surface area contributed by atoms with Gasteiger partial charge in [-0.3, -0.25) is 0 Å². The van der Waals surface area contributed by atoms with Gasteiger partial charge in [0.15, 0.2) is 0 Å². The van der Waals surface area contributed by atoms with Gasteiger partial charge < -0.3 is 14.8 Å². The van der Waals surface area contributed by atoms with Crippen molar-refractivity contribution in [3.05, 3.63) is 33.4 Å².